The van der Waals surface area contributed by atoms with Gasteiger partial charge in [0.2, 0.25) is 11.8 Å². The molecular formula is C29H35N3O5S. The van der Waals surface area contributed by atoms with E-state index in [1.54, 1.807) is 43.3 Å². The van der Waals surface area contributed by atoms with Crippen LogP contribution in [0.2, 0.25) is 0 Å². The van der Waals surface area contributed by atoms with Gasteiger partial charge in [0, 0.05) is 13.6 Å². The maximum absolute atomic E-state index is 13.8. The number of benzene rings is 3. The van der Waals surface area contributed by atoms with Crippen LogP contribution >= 0.6 is 0 Å². The van der Waals surface area contributed by atoms with E-state index in [1.807, 2.05) is 44.2 Å². The van der Waals surface area contributed by atoms with Gasteiger partial charge < -0.3 is 15.0 Å². The van der Waals surface area contributed by atoms with E-state index in [2.05, 4.69) is 5.32 Å². The van der Waals surface area contributed by atoms with Crippen LogP contribution in [0.25, 0.3) is 0 Å². The number of hydrogen-bond donors (Lipinski definition) is 1. The van der Waals surface area contributed by atoms with E-state index in [1.165, 1.54) is 24.1 Å². The van der Waals surface area contributed by atoms with Crippen molar-refractivity contribution >= 4 is 27.5 Å². The number of rotatable bonds is 12. The normalized spacial score (nSPS) is 11.9. The molecule has 0 bridgehead atoms. The lowest BCUT2D eigenvalue weighted by Gasteiger charge is -2.31. The SMILES string of the molecule is CCOc1ccc(S(=O)(=O)N(CC(=O)N(CCc2ccccc2)C(C)C(=O)NC)c2ccc(C)cc2)cc1. The summed E-state index contributed by atoms with van der Waals surface area (Å²) in [4.78, 5) is 27.7. The Hall–Kier alpha value is -3.85. The molecule has 1 N–H and O–H groups in total. The van der Waals surface area contributed by atoms with Crippen LogP contribution in [0.15, 0.2) is 83.8 Å². The molecular weight excluding hydrogens is 502 g/mol. The maximum Gasteiger partial charge on any atom is 0.264 e. The molecule has 3 rings (SSSR count). The molecule has 0 heterocycles. The van der Waals surface area contributed by atoms with E-state index in [4.69, 9.17) is 4.74 Å². The Kier molecular flexibility index (Phi) is 9.90. The minimum Gasteiger partial charge on any atom is -0.494 e. The molecule has 0 saturated heterocycles. The molecule has 0 aliphatic rings. The Balaban J connectivity index is 1.96. The van der Waals surface area contributed by atoms with Gasteiger partial charge in [0.25, 0.3) is 10.0 Å². The van der Waals surface area contributed by atoms with E-state index < -0.39 is 28.5 Å². The highest BCUT2D eigenvalue weighted by atomic mass is 32.2. The van der Waals surface area contributed by atoms with Crippen LogP contribution in [-0.2, 0) is 26.0 Å². The number of likely N-dealkylation sites (N-methyl/N-ethyl adjacent to an activating group) is 1. The van der Waals surface area contributed by atoms with Gasteiger partial charge in [-0.15, -0.1) is 0 Å². The zero-order valence-electron chi connectivity index (χ0n) is 22.3. The van der Waals surface area contributed by atoms with Crippen molar-refractivity contribution in [2.24, 2.45) is 0 Å². The van der Waals surface area contributed by atoms with Gasteiger partial charge in [0.1, 0.15) is 18.3 Å². The first-order valence-electron chi connectivity index (χ1n) is 12.5. The zero-order valence-corrected chi connectivity index (χ0v) is 23.1. The molecule has 0 radical (unpaired) electrons. The fourth-order valence-corrected chi connectivity index (χ4v) is 5.43. The van der Waals surface area contributed by atoms with Crippen LogP contribution in [0.3, 0.4) is 0 Å². The third-order valence-electron chi connectivity index (χ3n) is 6.22. The summed E-state index contributed by atoms with van der Waals surface area (Å²) in [5, 5.41) is 2.58. The maximum atomic E-state index is 13.8. The second kappa shape index (κ2) is 13.1. The van der Waals surface area contributed by atoms with Crippen molar-refractivity contribution in [2.75, 3.05) is 31.0 Å². The van der Waals surface area contributed by atoms with Crippen LogP contribution in [0.4, 0.5) is 5.69 Å². The number of ether oxygens (including phenoxy) is 1. The second-order valence-electron chi connectivity index (χ2n) is 8.86. The summed E-state index contributed by atoms with van der Waals surface area (Å²) in [6, 6.07) is 21.9. The highest BCUT2D eigenvalue weighted by molar-refractivity contribution is 7.92. The van der Waals surface area contributed by atoms with Gasteiger partial charge in [0.05, 0.1) is 17.2 Å². The molecule has 9 heteroatoms. The molecule has 202 valence electrons. The highest BCUT2D eigenvalue weighted by Crippen LogP contribution is 2.26. The highest BCUT2D eigenvalue weighted by Gasteiger charge is 2.32. The molecule has 38 heavy (non-hydrogen) atoms. The summed E-state index contributed by atoms with van der Waals surface area (Å²) < 4.78 is 34.2. The number of amides is 2. The van der Waals surface area contributed by atoms with Crippen LogP contribution in [0, 0.1) is 6.92 Å². The molecule has 2 amide bonds. The van der Waals surface area contributed by atoms with E-state index in [0.29, 0.717) is 24.5 Å². The Morgan fingerprint density at radius 3 is 2.16 bits per heavy atom. The number of carbonyl (C=O) groups is 2. The number of anilines is 1. The summed E-state index contributed by atoms with van der Waals surface area (Å²) in [6.45, 7) is 5.63. The Labute approximate surface area is 225 Å². The van der Waals surface area contributed by atoms with Gasteiger partial charge in [-0.2, -0.15) is 0 Å². The first kappa shape index (κ1) is 28.7. The molecule has 0 spiro atoms. The van der Waals surface area contributed by atoms with Crippen molar-refractivity contribution < 1.29 is 22.7 Å². The Morgan fingerprint density at radius 1 is 0.947 bits per heavy atom. The Bertz CT molecular complexity index is 1310. The van der Waals surface area contributed by atoms with Crippen molar-refractivity contribution in [2.45, 2.75) is 38.1 Å². The van der Waals surface area contributed by atoms with Crippen LogP contribution in [-0.4, -0.2) is 57.9 Å². The van der Waals surface area contributed by atoms with E-state index in [-0.39, 0.29) is 17.3 Å². The quantitative estimate of drug-likeness (QED) is 0.379. The topological polar surface area (TPSA) is 96.0 Å². The third-order valence-corrected chi connectivity index (χ3v) is 8.01. The molecule has 8 nitrogen and oxygen atoms in total. The van der Waals surface area contributed by atoms with Gasteiger partial charge in [-0.25, -0.2) is 8.42 Å². The summed E-state index contributed by atoms with van der Waals surface area (Å²) in [7, 11) is -2.61. The van der Waals surface area contributed by atoms with Crippen molar-refractivity contribution in [3.05, 3.63) is 90.0 Å². The second-order valence-corrected chi connectivity index (χ2v) is 10.7. The largest absolute Gasteiger partial charge is 0.494 e. The van der Waals surface area contributed by atoms with Crippen LogP contribution in [0.1, 0.15) is 25.0 Å². The van der Waals surface area contributed by atoms with E-state index in [9.17, 15) is 18.0 Å². The number of carbonyl (C=O) groups excluding carboxylic acids is 2. The molecule has 0 aliphatic heterocycles. The lowest BCUT2D eigenvalue weighted by molar-refractivity contribution is -0.138. The minimum atomic E-state index is -4.12. The first-order valence-corrected chi connectivity index (χ1v) is 14.0. The average molecular weight is 538 g/mol. The predicted octanol–water partition coefficient (Wildman–Crippen LogP) is 3.79. The lowest BCUT2D eigenvalue weighted by atomic mass is 10.1. The molecule has 1 atom stereocenters. The minimum absolute atomic E-state index is 0.0320. The van der Waals surface area contributed by atoms with Gasteiger partial charge in [0.15, 0.2) is 0 Å². The smallest absolute Gasteiger partial charge is 0.264 e. The number of hydrogen-bond acceptors (Lipinski definition) is 5. The predicted molar refractivity (Wildman–Crippen MR) is 149 cm³/mol. The molecule has 0 aliphatic carbocycles. The monoisotopic (exact) mass is 537 g/mol. The summed E-state index contributed by atoms with van der Waals surface area (Å²) in [5.41, 5.74) is 2.32. The van der Waals surface area contributed by atoms with Crippen molar-refractivity contribution in [1.29, 1.82) is 0 Å². The molecule has 1 unspecified atom stereocenters. The fourth-order valence-electron chi connectivity index (χ4n) is 4.02. The number of nitrogens with one attached hydrogen (secondary N) is 1. The molecule has 0 fully saturated rings. The van der Waals surface area contributed by atoms with E-state index >= 15 is 0 Å². The molecule has 3 aromatic carbocycles. The third kappa shape index (κ3) is 7.13. The van der Waals surface area contributed by atoms with Crippen molar-refractivity contribution in [1.82, 2.24) is 10.2 Å². The van der Waals surface area contributed by atoms with Crippen molar-refractivity contribution in [3.63, 3.8) is 0 Å². The first-order chi connectivity index (χ1) is 18.2. The van der Waals surface area contributed by atoms with E-state index in [0.717, 1.165) is 15.4 Å². The molecule has 3 aromatic rings. The Morgan fingerprint density at radius 2 is 1.58 bits per heavy atom. The van der Waals surface area contributed by atoms with Gasteiger partial charge in [-0.3, -0.25) is 13.9 Å². The van der Waals surface area contributed by atoms with Crippen LogP contribution in [0.5, 0.6) is 5.75 Å². The fraction of sp³-hybridized carbons (Fsp3) is 0.310. The van der Waals surface area contributed by atoms with Crippen molar-refractivity contribution in [3.8, 4) is 5.75 Å². The molecule has 0 saturated carbocycles. The van der Waals surface area contributed by atoms with Gasteiger partial charge in [-0.05, 0) is 69.2 Å². The zero-order chi connectivity index (χ0) is 27.7. The summed E-state index contributed by atoms with van der Waals surface area (Å²) in [5.74, 6) is -0.259. The summed E-state index contributed by atoms with van der Waals surface area (Å²) >= 11 is 0. The standard InChI is InChI=1S/C29H35N3O5S/c1-5-37-26-15-17-27(18-16-26)38(35,36)32(25-13-11-22(2)12-14-25)21-28(33)31(23(3)29(34)30-4)20-19-24-9-7-6-8-10-24/h6-18,23H,5,19-21H2,1-4H3,(H,30,34). The summed E-state index contributed by atoms with van der Waals surface area (Å²) in [6.07, 6.45) is 0.518. The van der Waals surface area contributed by atoms with Gasteiger partial charge >= 0.3 is 0 Å². The number of aryl methyl sites for hydroxylation is 1. The molecule has 0 aromatic heterocycles. The van der Waals surface area contributed by atoms with Gasteiger partial charge in [-0.1, -0.05) is 48.0 Å². The lowest BCUT2D eigenvalue weighted by Crippen LogP contribution is -2.51. The number of nitrogens with zero attached hydrogens (tertiary/aromatic N) is 2. The van der Waals surface area contributed by atoms with Crippen LogP contribution < -0.4 is 14.4 Å². The average Bonchev–Trinajstić information content (AvgIpc) is 2.93. The number of sulfonamides is 1.